The maximum atomic E-state index is 8.55. The molecule has 2 aromatic rings. The maximum absolute atomic E-state index is 8.55. The van der Waals surface area contributed by atoms with E-state index in [1.165, 1.54) is 0 Å². The second kappa shape index (κ2) is 3.90. The van der Waals surface area contributed by atoms with E-state index >= 15 is 0 Å². The number of nitrogens with zero attached hydrogens (tertiary/aromatic N) is 3. The Labute approximate surface area is 81.2 Å². The third kappa shape index (κ3) is 1.73. The minimum absolute atomic E-state index is 0.0852. The molecular weight excluding hydrogens is 178 g/mol. The van der Waals surface area contributed by atoms with Crippen LogP contribution in [0.1, 0.15) is 12.1 Å². The zero-order valence-corrected chi connectivity index (χ0v) is 7.51. The highest BCUT2D eigenvalue weighted by atomic mass is 16.2. The van der Waals surface area contributed by atoms with Gasteiger partial charge in [0, 0.05) is 18.7 Å². The molecule has 0 bridgehead atoms. The van der Waals surface area contributed by atoms with Crippen molar-refractivity contribution in [3.8, 4) is 11.8 Å². The van der Waals surface area contributed by atoms with Crippen molar-refractivity contribution in [3.05, 3.63) is 30.2 Å². The molecule has 2 heterocycles. The summed E-state index contributed by atoms with van der Waals surface area (Å²) in [5, 5.41) is 12.6. The van der Waals surface area contributed by atoms with Crippen LogP contribution in [0.5, 0.6) is 0 Å². The van der Waals surface area contributed by atoms with Gasteiger partial charge in [-0.3, -0.25) is 0 Å². The lowest BCUT2D eigenvalue weighted by atomic mass is 10.3. The Morgan fingerprint density at radius 2 is 2.36 bits per heavy atom. The van der Waals surface area contributed by atoms with Gasteiger partial charge in [0.2, 0.25) is 0 Å². The van der Waals surface area contributed by atoms with E-state index < -0.39 is 0 Å². The van der Waals surface area contributed by atoms with Crippen molar-refractivity contribution in [2.45, 2.75) is 6.42 Å². The zero-order valence-electron chi connectivity index (χ0n) is 7.51. The summed E-state index contributed by atoms with van der Waals surface area (Å²) in [5.74, 6) is 5.68. The Balaban J connectivity index is 2.31. The van der Waals surface area contributed by atoms with Crippen LogP contribution in [-0.4, -0.2) is 26.3 Å². The summed E-state index contributed by atoms with van der Waals surface area (Å²) >= 11 is 0. The Morgan fingerprint density at radius 1 is 1.43 bits per heavy atom. The zero-order chi connectivity index (χ0) is 9.80. The van der Waals surface area contributed by atoms with Crippen LogP contribution in [0.25, 0.3) is 5.65 Å². The van der Waals surface area contributed by atoms with Crippen LogP contribution in [0.2, 0.25) is 0 Å². The van der Waals surface area contributed by atoms with Gasteiger partial charge in [0.05, 0.1) is 12.8 Å². The van der Waals surface area contributed by atoms with E-state index in [1.807, 2.05) is 12.3 Å². The molecule has 14 heavy (non-hydrogen) atoms. The first-order chi connectivity index (χ1) is 6.90. The number of fused-ring (bicyclic) bond motifs is 1. The first-order valence-corrected chi connectivity index (χ1v) is 4.30. The van der Waals surface area contributed by atoms with Gasteiger partial charge in [0.25, 0.3) is 0 Å². The molecule has 1 N–H and O–H groups in total. The fourth-order valence-electron chi connectivity index (χ4n) is 1.09. The molecule has 0 saturated carbocycles. The molecule has 2 rings (SSSR count). The van der Waals surface area contributed by atoms with Crippen molar-refractivity contribution >= 4 is 5.65 Å². The first kappa shape index (κ1) is 8.73. The fraction of sp³-hybridized carbons (Fsp3) is 0.200. The van der Waals surface area contributed by atoms with E-state index in [9.17, 15) is 0 Å². The highest BCUT2D eigenvalue weighted by Gasteiger charge is 1.94. The van der Waals surface area contributed by atoms with Gasteiger partial charge in [-0.2, -0.15) is 5.10 Å². The molecule has 0 saturated heterocycles. The second-order valence-electron chi connectivity index (χ2n) is 2.72. The second-order valence-corrected chi connectivity index (χ2v) is 2.72. The largest absolute Gasteiger partial charge is 0.395 e. The van der Waals surface area contributed by atoms with Crippen molar-refractivity contribution in [2.24, 2.45) is 0 Å². The quantitative estimate of drug-likeness (QED) is 0.660. The molecular formula is C10H9N3O. The molecule has 0 aromatic carbocycles. The van der Waals surface area contributed by atoms with Crippen molar-refractivity contribution < 1.29 is 5.11 Å². The minimum atomic E-state index is 0.0852. The summed E-state index contributed by atoms with van der Waals surface area (Å²) in [6.45, 7) is 0.0852. The van der Waals surface area contributed by atoms with Gasteiger partial charge >= 0.3 is 0 Å². The Hall–Kier alpha value is -1.86. The van der Waals surface area contributed by atoms with Gasteiger partial charge in [-0.25, -0.2) is 9.50 Å². The molecule has 0 aliphatic carbocycles. The minimum Gasteiger partial charge on any atom is -0.395 e. The van der Waals surface area contributed by atoms with Crippen LogP contribution < -0.4 is 0 Å². The molecule has 70 valence electrons. The molecule has 0 unspecified atom stereocenters. The standard InChI is InChI=1S/C10H9N3O/c14-8-2-1-3-9-5-7-13-10(12-9)4-6-11-13/h4-7,14H,2,8H2. The van der Waals surface area contributed by atoms with E-state index in [-0.39, 0.29) is 6.61 Å². The predicted octanol–water partition coefficient (Wildman–Crippen LogP) is 0.463. The number of aliphatic hydroxyl groups excluding tert-OH is 1. The highest BCUT2D eigenvalue weighted by molar-refractivity contribution is 5.40. The van der Waals surface area contributed by atoms with E-state index in [0.29, 0.717) is 12.1 Å². The smallest absolute Gasteiger partial charge is 0.156 e. The molecule has 4 heteroatoms. The highest BCUT2D eigenvalue weighted by Crippen LogP contribution is 1.99. The van der Waals surface area contributed by atoms with Gasteiger partial charge in [-0.1, -0.05) is 5.92 Å². The molecule has 0 atom stereocenters. The summed E-state index contributed by atoms with van der Waals surface area (Å²) in [4.78, 5) is 4.25. The van der Waals surface area contributed by atoms with Gasteiger partial charge in [0.1, 0.15) is 5.69 Å². The Morgan fingerprint density at radius 3 is 3.21 bits per heavy atom. The summed E-state index contributed by atoms with van der Waals surface area (Å²) < 4.78 is 1.68. The topological polar surface area (TPSA) is 50.4 Å². The van der Waals surface area contributed by atoms with Crippen LogP contribution in [0.3, 0.4) is 0 Å². The monoisotopic (exact) mass is 187 g/mol. The third-order valence-electron chi connectivity index (χ3n) is 1.71. The molecule has 0 spiro atoms. The molecule has 4 nitrogen and oxygen atoms in total. The van der Waals surface area contributed by atoms with Crippen molar-refractivity contribution in [1.29, 1.82) is 0 Å². The number of rotatable bonds is 1. The lowest BCUT2D eigenvalue weighted by Gasteiger charge is -1.92. The lowest BCUT2D eigenvalue weighted by molar-refractivity contribution is 0.305. The first-order valence-electron chi connectivity index (χ1n) is 4.30. The van der Waals surface area contributed by atoms with E-state index in [2.05, 4.69) is 21.9 Å². The SMILES string of the molecule is OCCC#Cc1ccn2nccc2n1. The van der Waals surface area contributed by atoms with Gasteiger partial charge in [0.15, 0.2) is 5.65 Å². The molecule has 0 radical (unpaired) electrons. The Bertz CT molecular complexity index is 493. The number of aliphatic hydroxyl groups is 1. The maximum Gasteiger partial charge on any atom is 0.156 e. The average Bonchev–Trinajstić information content (AvgIpc) is 2.65. The molecule has 0 fully saturated rings. The molecule has 2 aromatic heterocycles. The van der Waals surface area contributed by atoms with Crippen LogP contribution in [-0.2, 0) is 0 Å². The number of hydrogen-bond donors (Lipinski definition) is 1. The summed E-state index contributed by atoms with van der Waals surface area (Å²) in [6, 6.07) is 3.61. The predicted molar refractivity (Wildman–Crippen MR) is 51.6 cm³/mol. The number of aromatic nitrogens is 3. The van der Waals surface area contributed by atoms with Crippen LogP contribution >= 0.6 is 0 Å². The average molecular weight is 187 g/mol. The van der Waals surface area contributed by atoms with E-state index in [0.717, 1.165) is 5.65 Å². The normalized spacial score (nSPS) is 9.79. The lowest BCUT2D eigenvalue weighted by Crippen LogP contribution is -1.91. The summed E-state index contributed by atoms with van der Waals surface area (Å²) in [7, 11) is 0. The van der Waals surface area contributed by atoms with Crippen LogP contribution in [0.4, 0.5) is 0 Å². The van der Waals surface area contributed by atoms with Crippen molar-refractivity contribution in [1.82, 2.24) is 14.6 Å². The molecule has 0 aliphatic heterocycles. The number of hydrogen-bond acceptors (Lipinski definition) is 3. The fourth-order valence-corrected chi connectivity index (χ4v) is 1.09. The molecule has 0 aliphatic rings. The van der Waals surface area contributed by atoms with E-state index in [1.54, 1.807) is 16.8 Å². The molecule has 0 amide bonds. The van der Waals surface area contributed by atoms with Crippen LogP contribution in [0, 0.1) is 11.8 Å². The van der Waals surface area contributed by atoms with E-state index in [4.69, 9.17) is 5.11 Å². The van der Waals surface area contributed by atoms with Gasteiger partial charge < -0.3 is 5.11 Å². The third-order valence-corrected chi connectivity index (χ3v) is 1.71. The summed E-state index contributed by atoms with van der Waals surface area (Å²) in [5.41, 5.74) is 1.48. The van der Waals surface area contributed by atoms with Crippen molar-refractivity contribution in [3.63, 3.8) is 0 Å². The Kier molecular flexibility index (Phi) is 2.43. The van der Waals surface area contributed by atoms with Gasteiger partial charge in [-0.15, -0.1) is 0 Å². The van der Waals surface area contributed by atoms with Crippen LogP contribution in [0.15, 0.2) is 24.5 Å². The van der Waals surface area contributed by atoms with Gasteiger partial charge in [-0.05, 0) is 12.0 Å². The van der Waals surface area contributed by atoms with Crippen molar-refractivity contribution in [2.75, 3.05) is 6.61 Å². The summed E-state index contributed by atoms with van der Waals surface area (Å²) in [6.07, 6.45) is 3.98.